The molecule has 1 aliphatic rings. The molecule has 0 saturated carbocycles. The van der Waals surface area contributed by atoms with Gasteiger partial charge >= 0.3 is 18.1 Å². The van der Waals surface area contributed by atoms with Crippen LogP contribution in [0.15, 0.2) is 41.7 Å². The molecule has 1 aromatic carbocycles. The van der Waals surface area contributed by atoms with E-state index in [-0.39, 0.29) is 36.5 Å². The molecule has 0 bridgehead atoms. The van der Waals surface area contributed by atoms with E-state index in [1.54, 1.807) is 19.9 Å². The number of hydrogen-bond donors (Lipinski definition) is 0. The van der Waals surface area contributed by atoms with Crippen LogP contribution in [0.1, 0.15) is 39.2 Å². The summed E-state index contributed by atoms with van der Waals surface area (Å²) >= 11 is 0. The van der Waals surface area contributed by atoms with Crippen LogP contribution >= 0.6 is 0 Å². The minimum Gasteiger partial charge on any atom is -0.476 e. The Morgan fingerprint density at radius 2 is 1.75 bits per heavy atom. The van der Waals surface area contributed by atoms with Gasteiger partial charge in [-0.05, 0) is 13.8 Å². The van der Waals surface area contributed by atoms with Crippen molar-refractivity contribution >= 4 is 11.9 Å². The highest BCUT2D eigenvalue weighted by Gasteiger charge is 2.65. The first-order valence-corrected chi connectivity index (χ1v) is 9.03. The van der Waals surface area contributed by atoms with E-state index < -0.39 is 36.1 Å². The number of carbonyl (C=O) groups excluding carboxylic acids is 2. The molecule has 0 N–H and O–H groups in total. The van der Waals surface area contributed by atoms with Crippen LogP contribution in [0.4, 0.5) is 13.2 Å². The Balaban J connectivity index is 2.54. The summed E-state index contributed by atoms with van der Waals surface area (Å²) in [6.07, 6.45) is -5.42. The molecular formula is C20H23F3O5. The average molecular weight is 400 g/mol. The van der Waals surface area contributed by atoms with Crippen LogP contribution < -0.4 is 0 Å². The lowest BCUT2D eigenvalue weighted by Gasteiger charge is -2.35. The predicted molar refractivity (Wildman–Crippen MR) is 94.0 cm³/mol. The zero-order valence-corrected chi connectivity index (χ0v) is 16.0. The molecule has 8 heteroatoms. The molecule has 0 aliphatic carbocycles. The molecule has 2 atom stereocenters. The minimum atomic E-state index is -4.74. The van der Waals surface area contributed by atoms with Crippen molar-refractivity contribution in [3.05, 3.63) is 47.2 Å². The third-order valence-electron chi connectivity index (χ3n) is 4.58. The van der Waals surface area contributed by atoms with Gasteiger partial charge in [0.1, 0.15) is 5.76 Å². The first-order chi connectivity index (χ1) is 13.2. The summed E-state index contributed by atoms with van der Waals surface area (Å²) in [6, 6.07) is 7.26. The normalized spacial score (nSPS) is 23.7. The van der Waals surface area contributed by atoms with E-state index in [4.69, 9.17) is 14.2 Å². The maximum Gasteiger partial charge on any atom is 0.432 e. The van der Waals surface area contributed by atoms with Crippen molar-refractivity contribution in [2.75, 3.05) is 13.2 Å². The fourth-order valence-corrected chi connectivity index (χ4v) is 3.33. The van der Waals surface area contributed by atoms with Gasteiger partial charge in [-0.3, -0.25) is 4.79 Å². The van der Waals surface area contributed by atoms with E-state index in [1.807, 2.05) is 0 Å². The molecule has 0 spiro atoms. The lowest BCUT2D eigenvalue weighted by Crippen LogP contribution is -2.46. The Morgan fingerprint density at radius 1 is 1.14 bits per heavy atom. The minimum absolute atomic E-state index is 0.0110. The van der Waals surface area contributed by atoms with Crippen LogP contribution in [0.25, 0.3) is 0 Å². The van der Waals surface area contributed by atoms with Crippen molar-refractivity contribution in [3.63, 3.8) is 0 Å². The molecule has 28 heavy (non-hydrogen) atoms. The van der Waals surface area contributed by atoms with Crippen molar-refractivity contribution in [1.29, 1.82) is 0 Å². The fourth-order valence-electron chi connectivity index (χ4n) is 3.33. The number of allylic oxidation sites excluding steroid dienone is 1. The Bertz CT molecular complexity index is 742. The second kappa shape index (κ2) is 8.67. The highest BCUT2D eigenvalue weighted by Crippen LogP contribution is 2.55. The molecular weight excluding hydrogens is 377 g/mol. The molecule has 0 aromatic heterocycles. The maximum atomic E-state index is 14.2. The van der Waals surface area contributed by atoms with Crippen LogP contribution in [-0.2, 0) is 29.4 Å². The third-order valence-corrected chi connectivity index (χ3v) is 4.58. The van der Waals surface area contributed by atoms with Gasteiger partial charge in [0.25, 0.3) is 0 Å². The highest BCUT2D eigenvalue weighted by molar-refractivity contribution is 5.94. The Labute approximate surface area is 161 Å². The number of alkyl halides is 3. The lowest BCUT2D eigenvalue weighted by molar-refractivity contribution is -0.274. The van der Waals surface area contributed by atoms with Crippen molar-refractivity contribution in [3.8, 4) is 0 Å². The van der Waals surface area contributed by atoms with Gasteiger partial charge in [0, 0.05) is 17.9 Å². The molecule has 1 fully saturated rings. The second-order valence-electron chi connectivity index (χ2n) is 6.41. The molecule has 2 rings (SSSR count). The standard InChI is InChI=1S/C20H23F3O5/c1-4-26-17(24)12-15(18(25)27-5-2)16-11-13(3)19(28-16,20(21,22)23)14-9-7-6-8-10-14/h6-10,13H,4-5,11-12H2,1-3H3/b16-15+/t13-,19+/m0/s1. The van der Waals surface area contributed by atoms with E-state index in [9.17, 15) is 22.8 Å². The lowest BCUT2D eigenvalue weighted by atomic mass is 9.81. The van der Waals surface area contributed by atoms with Gasteiger partial charge in [0.15, 0.2) is 0 Å². The monoisotopic (exact) mass is 400 g/mol. The van der Waals surface area contributed by atoms with E-state index in [0.29, 0.717) is 0 Å². The summed E-state index contributed by atoms with van der Waals surface area (Å²) < 4.78 is 57.7. The van der Waals surface area contributed by atoms with Crippen LogP contribution in [0.5, 0.6) is 0 Å². The van der Waals surface area contributed by atoms with Gasteiger partial charge in [-0.15, -0.1) is 0 Å². The molecule has 1 saturated heterocycles. The zero-order valence-electron chi connectivity index (χ0n) is 16.0. The van der Waals surface area contributed by atoms with E-state index in [1.165, 1.54) is 31.2 Å². The molecule has 0 radical (unpaired) electrons. The summed E-state index contributed by atoms with van der Waals surface area (Å²) in [5.41, 5.74) is -2.92. The smallest absolute Gasteiger partial charge is 0.432 e. The van der Waals surface area contributed by atoms with E-state index in [2.05, 4.69) is 0 Å². The van der Waals surface area contributed by atoms with Gasteiger partial charge in [0.05, 0.1) is 25.2 Å². The highest BCUT2D eigenvalue weighted by atomic mass is 19.4. The SMILES string of the molecule is CCOC(=O)C/C(C(=O)OCC)=C1/C[C@H](C)[C@@](c2ccccc2)(C(F)(F)F)O1. The Hall–Kier alpha value is -2.51. The number of hydrogen-bond acceptors (Lipinski definition) is 5. The number of rotatable bonds is 6. The zero-order chi connectivity index (χ0) is 20.9. The van der Waals surface area contributed by atoms with Gasteiger partial charge < -0.3 is 14.2 Å². The van der Waals surface area contributed by atoms with Gasteiger partial charge in [-0.25, -0.2) is 4.79 Å². The van der Waals surface area contributed by atoms with Crippen LogP contribution in [0.2, 0.25) is 0 Å². The van der Waals surface area contributed by atoms with Crippen LogP contribution in [0, 0.1) is 5.92 Å². The first-order valence-electron chi connectivity index (χ1n) is 9.03. The summed E-state index contributed by atoms with van der Waals surface area (Å²) in [6.45, 7) is 4.65. The number of carbonyl (C=O) groups is 2. The average Bonchev–Trinajstić information content (AvgIpc) is 2.99. The van der Waals surface area contributed by atoms with Crippen molar-refractivity contribution in [2.45, 2.75) is 45.4 Å². The third kappa shape index (κ3) is 4.15. The van der Waals surface area contributed by atoms with Crippen molar-refractivity contribution in [1.82, 2.24) is 0 Å². The van der Waals surface area contributed by atoms with E-state index >= 15 is 0 Å². The molecule has 1 aromatic rings. The summed E-state index contributed by atoms with van der Waals surface area (Å²) in [5, 5.41) is 0. The fraction of sp³-hybridized carbons (Fsp3) is 0.500. The molecule has 0 amide bonds. The summed E-state index contributed by atoms with van der Waals surface area (Å²) in [4.78, 5) is 24.2. The maximum absolute atomic E-state index is 14.2. The number of esters is 2. The molecule has 154 valence electrons. The predicted octanol–water partition coefficient (Wildman–Crippen LogP) is 4.27. The first kappa shape index (κ1) is 21.8. The molecule has 1 heterocycles. The quantitative estimate of drug-likeness (QED) is 0.527. The van der Waals surface area contributed by atoms with Crippen molar-refractivity contribution in [2.24, 2.45) is 5.92 Å². The van der Waals surface area contributed by atoms with Crippen molar-refractivity contribution < 1.29 is 37.0 Å². The Morgan fingerprint density at radius 3 is 2.29 bits per heavy atom. The van der Waals surface area contributed by atoms with E-state index in [0.717, 1.165) is 0 Å². The molecule has 0 unspecified atom stereocenters. The summed E-state index contributed by atoms with van der Waals surface area (Å²) in [5.74, 6) is -2.83. The number of benzene rings is 1. The van der Waals surface area contributed by atoms with Crippen LogP contribution in [-0.4, -0.2) is 31.3 Å². The topological polar surface area (TPSA) is 61.8 Å². The molecule has 1 aliphatic heterocycles. The second-order valence-corrected chi connectivity index (χ2v) is 6.41. The number of halogens is 3. The Kier molecular flexibility index (Phi) is 6.74. The molecule has 5 nitrogen and oxygen atoms in total. The van der Waals surface area contributed by atoms with Gasteiger partial charge in [0.2, 0.25) is 5.60 Å². The summed E-state index contributed by atoms with van der Waals surface area (Å²) in [7, 11) is 0. The van der Waals surface area contributed by atoms with Crippen LogP contribution in [0.3, 0.4) is 0 Å². The number of ether oxygens (including phenoxy) is 3. The largest absolute Gasteiger partial charge is 0.476 e. The van der Waals surface area contributed by atoms with Gasteiger partial charge in [-0.2, -0.15) is 13.2 Å². The van der Waals surface area contributed by atoms with Gasteiger partial charge in [-0.1, -0.05) is 37.3 Å².